The molecule has 1 saturated carbocycles. The Balaban J connectivity index is 1.35. The van der Waals surface area contributed by atoms with E-state index in [0.717, 1.165) is 22.9 Å². The first-order valence-electron chi connectivity index (χ1n) is 13.7. The number of alkyl halides is 4. The number of allylic oxidation sites excluding steroid dienone is 3. The number of halogens is 6. The Hall–Kier alpha value is -4.46. The van der Waals surface area contributed by atoms with E-state index in [9.17, 15) is 41.0 Å². The average Bonchev–Trinajstić information content (AvgIpc) is 3.56. The van der Waals surface area contributed by atoms with E-state index in [1.165, 1.54) is 18.3 Å². The second-order valence-corrected chi connectivity index (χ2v) is 11.1. The Labute approximate surface area is 246 Å². The number of pyridine rings is 1. The number of aromatic nitrogens is 3. The molecule has 2 amide bonds. The van der Waals surface area contributed by atoms with Crippen molar-refractivity contribution < 1.29 is 41.0 Å². The van der Waals surface area contributed by atoms with Crippen molar-refractivity contribution in [3.8, 4) is 0 Å². The van der Waals surface area contributed by atoms with Gasteiger partial charge in [-0.3, -0.25) is 19.3 Å². The lowest BCUT2D eigenvalue weighted by Gasteiger charge is -2.24. The van der Waals surface area contributed by atoms with Crippen molar-refractivity contribution in [1.82, 2.24) is 20.1 Å². The summed E-state index contributed by atoms with van der Waals surface area (Å²) < 4.78 is 84.7. The molecule has 3 aliphatic rings. The number of primary amides is 1. The quantitative estimate of drug-likeness (QED) is 0.327. The Bertz CT molecular complexity index is 1700. The van der Waals surface area contributed by atoms with Gasteiger partial charge in [0.25, 0.3) is 0 Å². The molecule has 14 heteroatoms. The van der Waals surface area contributed by atoms with E-state index in [4.69, 9.17) is 5.73 Å². The van der Waals surface area contributed by atoms with Gasteiger partial charge in [0.05, 0.1) is 29.5 Å². The van der Waals surface area contributed by atoms with Crippen molar-refractivity contribution in [2.75, 3.05) is 0 Å². The highest BCUT2D eigenvalue weighted by Crippen LogP contribution is 2.63. The van der Waals surface area contributed by atoms with Crippen LogP contribution in [0.3, 0.4) is 0 Å². The zero-order valence-corrected chi connectivity index (χ0v) is 22.7. The van der Waals surface area contributed by atoms with Crippen LogP contribution >= 0.6 is 0 Å². The van der Waals surface area contributed by atoms with Crippen molar-refractivity contribution >= 4 is 17.4 Å². The van der Waals surface area contributed by atoms with Gasteiger partial charge >= 0.3 is 6.18 Å². The highest BCUT2D eigenvalue weighted by molar-refractivity contribution is 5.86. The van der Waals surface area contributed by atoms with Crippen LogP contribution in [0.4, 0.5) is 26.3 Å². The number of nitrogens with zero attached hydrogens (tertiary/aromatic N) is 3. The molecular formula is C30H25F6N5O3. The number of nitrogens with two attached hydrogens (primary N) is 1. The number of hydrogen-bond donors (Lipinski definition) is 3. The fourth-order valence-corrected chi connectivity index (χ4v) is 6.17. The predicted molar refractivity (Wildman–Crippen MR) is 143 cm³/mol. The summed E-state index contributed by atoms with van der Waals surface area (Å²) in [6, 6.07) is 4.81. The zero-order valence-electron chi connectivity index (χ0n) is 22.7. The van der Waals surface area contributed by atoms with Gasteiger partial charge in [0, 0.05) is 23.4 Å². The second kappa shape index (κ2) is 10.9. The molecule has 0 bridgehead atoms. The van der Waals surface area contributed by atoms with Crippen LogP contribution in [-0.4, -0.2) is 37.9 Å². The first kappa shape index (κ1) is 29.6. The van der Waals surface area contributed by atoms with Crippen LogP contribution < -0.4 is 11.1 Å². The number of nitrogens with one attached hydrogen (secondary N) is 1. The SMILES string of the molecule is NC(=O)C1C=C(c2cccnc2[C@H](Cc2cc(F)cc(F)c2)NC(=O)Cn2nc(C(F)(F)F)c3c2C(O)C2CC32)C=CC1F. The van der Waals surface area contributed by atoms with Gasteiger partial charge in [-0.1, -0.05) is 18.2 Å². The minimum absolute atomic E-state index is 0.0632. The first-order chi connectivity index (χ1) is 20.8. The summed E-state index contributed by atoms with van der Waals surface area (Å²) in [7, 11) is 0. The summed E-state index contributed by atoms with van der Waals surface area (Å²) in [5.74, 6) is -5.60. The molecule has 1 fully saturated rings. The number of amides is 2. The number of carbonyl (C=O) groups is 2. The summed E-state index contributed by atoms with van der Waals surface area (Å²) in [6.45, 7) is -0.693. The number of hydrogen-bond acceptors (Lipinski definition) is 5. The van der Waals surface area contributed by atoms with Crippen molar-refractivity contribution in [3.05, 3.63) is 100 Å². The van der Waals surface area contributed by atoms with E-state index in [1.54, 1.807) is 12.1 Å². The van der Waals surface area contributed by atoms with Crippen LogP contribution in [0.25, 0.3) is 5.57 Å². The molecule has 0 saturated heterocycles. The van der Waals surface area contributed by atoms with Gasteiger partial charge in [0.15, 0.2) is 5.69 Å². The van der Waals surface area contributed by atoms with Gasteiger partial charge in [-0.15, -0.1) is 0 Å². The van der Waals surface area contributed by atoms with Gasteiger partial charge < -0.3 is 16.2 Å². The smallest absolute Gasteiger partial charge is 0.386 e. The predicted octanol–water partition coefficient (Wildman–Crippen LogP) is 4.22. The molecule has 0 aliphatic heterocycles. The van der Waals surface area contributed by atoms with Gasteiger partial charge in [0.2, 0.25) is 11.8 Å². The Morgan fingerprint density at radius 3 is 2.59 bits per heavy atom. The number of carbonyl (C=O) groups excluding carboxylic acids is 2. The van der Waals surface area contributed by atoms with Gasteiger partial charge in [-0.2, -0.15) is 18.3 Å². The third kappa shape index (κ3) is 5.49. The molecule has 4 N–H and O–H groups in total. The maximum absolute atomic E-state index is 14.3. The summed E-state index contributed by atoms with van der Waals surface area (Å²) in [4.78, 5) is 29.6. The van der Waals surface area contributed by atoms with Crippen LogP contribution in [0.15, 0.2) is 54.8 Å². The van der Waals surface area contributed by atoms with E-state index in [0.29, 0.717) is 23.6 Å². The van der Waals surface area contributed by atoms with Crippen LogP contribution in [0, 0.1) is 23.5 Å². The van der Waals surface area contributed by atoms with Crippen LogP contribution in [-0.2, 0) is 28.7 Å². The highest BCUT2D eigenvalue weighted by Gasteiger charge is 2.58. The van der Waals surface area contributed by atoms with Crippen molar-refractivity contribution in [2.24, 2.45) is 17.6 Å². The molecule has 8 nitrogen and oxygen atoms in total. The number of aliphatic hydroxyl groups excluding tert-OH is 1. The molecule has 44 heavy (non-hydrogen) atoms. The second-order valence-electron chi connectivity index (χ2n) is 11.1. The fraction of sp³-hybridized carbons (Fsp3) is 0.333. The highest BCUT2D eigenvalue weighted by atomic mass is 19.4. The summed E-state index contributed by atoms with van der Waals surface area (Å²) in [5.41, 5.74) is 5.04. The summed E-state index contributed by atoms with van der Waals surface area (Å²) in [6.07, 6.45) is -2.22. The summed E-state index contributed by atoms with van der Waals surface area (Å²) >= 11 is 0. The molecular weight excluding hydrogens is 592 g/mol. The van der Waals surface area contributed by atoms with E-state index < -0.39 is 72.0 Å². The standard InChI is InChI=1S/C30H25F6N5O3/c31-15-6-13(7-16(32)10-15)8-22(25-17(2-1-5-38-25)14-3-4-21(33)20(9-14)29(37)44)39-23(42)12-41-26-24(18-11-19(18)27(26)43)28(40-41)30(34,35)36/h1-7,9-10,18-22,27,43H,8,11-12H2,(H2,37,44)(H,39,42)/t18?,19?,20?,21?,22-,27?/m0/s1. The zero-order chi connectivity index (χ0) is 31.5. The number of fused-ring (bicyclic) bond motifs is 3. The number of benzene rings is 1. The monoisotopic (exact) mass is 617 g/mol. The fourth-order valence-electron chi connectivity index (χ4n) is 6.17. The van der Waals surface area contributed by atoms with Crippen LogP contribution in [0.5, 0.6) is 0 Å². The molecule has 2 aromatic heterocycles. The van der Waals surface area contributed by atoms with Gasteiger partial charge in [0.1, 0.15) is 24.4 Å². The van der Waals surface area contributed by atoms with Crippen molar-refractivity contribution in [3.63, 3.8) is 0 Å². The number of aliphatic hydroxyl groups is 1. The van der Waals surface area contributed by atoms with Crippen LogP contribution in [0.1, 0.15) is 58.3 Å². The van der Waals surface area contributed by atoms with E-state index in [2.05, 4.69) is 15.4 Å². The minimum Gasteiger partial charge on any atom is -0.386 e. The molecule has 3 aromatic rings. The van der Waals surface area contributed by atoms with E-state index in [1.807, 2.05) is 0 Å². The lowest BCUT2D eigenvalue weighted by molar-refractivity contribution is -0.142. The maximum Gasteiger partial charge on any atom is 0.435 e. The maximum atomic E-state index is 14.3. The Kier molecular flexibility index (Phi) is 7.34. The van der Waals surface area contributed by atoms with Gasteiger partial charge in [-0.05, 0) is 60.1 Å². The molecule has 5 unspecified atom stereocenters. The van der Waals surface area contributed by atoms with Crippen molar-refractivity contribution in [2.45, 2.75) is 49.8 Å². The van der Waals surface area contributed by atoms with E-state index in [-0.39, 0.29) is 34.9 Å². The molecule has 3 aliphatic carbocycles. The van der Waals surface area contributed by atoms with Gasteiger partial charge in [-0.25, -0.2) is 13.2 Å². The molecule has 6 rings (SSSR count). The van der Waals surface area contributed by atoms with E-state index >= 15 is 0 Å². The Morgan fingerprint density at radius 1 is 1.18 bits per heavy atom. The topological polar surface area (TPSA) is 123 Å². The van der Waals surface area contributed by atoms with Crippen LogP contribution in [0.2, 0.25) is 0 Å². The number of rotatable bonds is 8. The molecule has 6 atom stereocenters. The summed E-state index contributed by atoms with van der Waals surface area (Å²) in [5, 5.41) is 16.9. The largest absolute Gasteiger partial charge is 0.435 e. The molecule has 2 heterocycles. The third-order valence-corrected chi connectivity index (χ3v) is 8.16. The first-order valence-corrected chi connectivity index (χ1v) is 13.7. The third-order valence-electron chi connectivity index (χ3n) is 8.16. The average molecular weight is 618 g/mol. The van der Waals surface area contributed by atoms with Crippen molar-refractivity contribution in [1.29, 1.82) is 0 Å². The normalized spacial score (nSPS) is 24.3. The molecule has 0 radical (unpaired) electrons. The molecule has 1 aromatic carbocycles. The molecule has 0 spiro atoms. The minimum atomic E-state index is -4.79. The lowest BCUT2D eigenvalue weighted by atomic mass is 9.88. The lowest BCUT2D eigenvalue weighted by Crippen LogP contribution is -2.35. The Morgan fingerprint density at radius 2 is 1.91 bits per heavy atom. The molecule has 230 valence electrons.